The molecule has 0 saturated heterocycles. The van der Waals surface area contributed by atoms with E-state index in [9.17, 15) is 4.79 Å². The van der Waals surface area contributed by atoms with Gasteiger partial charge in [0.2, 0.25) is 0 Å². The van der Waals surface area contributed by atoms with Gasteiger partial charge in [-0.1, -0.05) is 39.0 Å². The third kappa shape index (κ3) is 5.00. The van der Waals surface area contributed by atoms with Crippen molar-refractivity contribution in [3.05, 3.63) is 18.0 Å². The van der Waals surface area contributed by atoms with Crippen LogP contribution in [-0.2, 0) is 11.8 Å². The van der Waals surface area contributed by atoms with E-state index in [0.717, 1.165) is 18.4 Å². The van der Waals surface area contributed by atoms with E-state index in [4.69, 9.17) is 5.73 Å². The third-order valence-electron chi connectivity index (χ3n) is 3.21. The van der Waals surface area contributed by atoms with Crippen LogP contribution in [0.5, 0.6) is 0 Å². The van der Waals surface area contributed by atoms with Crippen LogP contribution < -0.4 is 5.73 Å². The normalized spacial score (nSPS) is 12.6. The lowest BCUT2D eigenvalue weighted by molar-refractivity contribution is -0.120. The highest BCUT2D eigenvalue weighted by molar-refractivity contribution is 5.84. The Labute approximate surface area is 110 Å². The van der Waals surface area contributed by atoms with Crippen molar-refractivity contribution >= 4 is 5.78 Å². The Morgan fingerprint density at radius 1 is 1.33 bits per heavy atom. The molecular weight excluding hydrogens is 226 g/mol. The Morgan fingerprint density at radius 2 is 2.00 bits per heavy atom. The zero-order chi connectivity index (χ0) is 13.4. The van der Waals surface area contributed by atoms with Gasteiger partial charge in [-0.25, -0.2) is 0 Å². The Morgan fingerprint density at radius 3 is 2.61 bits per heavy atom. The number of nitrogens with zero attached hydrogens (tertiary/aromatic N) is 2. The number of rotatable bonds is 9. The molecule has 4 nitrogen and oxygen atoms in total. The van der Waals surface area contributed by atoms with E-state index in [1.807, 2.05) is 13.2 Å². The van der Waals surface area contributed by atoms with E-state index >= 15 is 0 Å². The highest BCUT2D eigenvalue weighted by Crippen LogP contribution is 2.14. The molecule has 0 amide bonds. The van der Waals surface area contributed by atoms with Gasteiger partial charge in [-0.2, -0.15) is 5.10 Å². The fourth-order valence-corrected chi connectivity index (χ4v) is 2.02. The van der Waals surface area contributed by atoms with Crippen LogP contribution in [0.3, 0.4) is 0 Å². The van der Waals surface area contributed by atoms with Crippen LogP contribution in [-0.4, -0.2) is 15.6 Å². The molecule has 1 rings (SSSR count). The summed E-state index contributed by atoms with van der Waals surface area (Å²) >= 11 is 0. The second-order valence-corrected chi connectivity index (χ2v) is 4.91. The highest BCUT2D eigenvalue weighted by Gasteiger charge is 2.16. The smallest absolute Gasteiger partial charge is 0.154 e. The fourth-order valence-electron chi connectivity index (χ4n) is 2.02. The zero-order valence-electron chi connectivity index (χ0n) is 11.6. The van der Waals surface area contributed by atoms with Crippen molar-refractivity contribution in [1.29, 1.82) is 0 Å². The zero-order valence-corrected chi connectivity index (χ0v) is 11.6. The Kier molecular flexibility index (Phi) is 6.65. The van der Waals surface area contributed by atoms with Crippen molar-refractivity contribution in [1.82, 2.24) is 9.78 Å². The number of hydrogen-bond acceptors (Lipinski definition) is 3. The predicted octanol–water partition coefficient (Wildman–Crippen LogP) is 2.74. The molecule has 0 saturated carbocycles. The molecule has 1 atom stereocenters. The number of aromatic nitrogens is 2. The van der Waals surface area contributed by atoms with Gasteiger partial charge in [0.15, 0.2) is 5.78 Å². The van der Waals surface area contributed by atoms with E-state index in [1.165, 1.54) is 25.7 Å². The molecule has 0 aliphatic heterocycles. The molecule has 0 aliphatic carbocycles. The first-order chi connectivity index (χ1) is 8.65. The molecule has 4 heteroatoms. The number of ketones is 1. The van der Waals surface area contributed by atoms with Crippen LogP contribution in [0.2, 0.25) is 0 Å². The van der Waals surface area contributed by atoms with Crippen LogP contribution in [0.1, 0.15) is 63.5 Å². The van der Waals surface area contributed by atoms with Gasteiger partial charge in [0.05, 0.1) is 12.2 Å². The Hall–Kier alpha value is -1.16. The molecule has 1 heterocycles. The van der Waals surface area contributed by atoms with E-state index in [-0.39, 0.29) is 5.78 Å². The molecule has 102 valence electrons. The lowest BCUT2D eigenvalue weighted by Gasteiger charge is -2.08. The second kappa shape index (κ2) is 8.03. The van der Waals surface area contributed by atoms with Crippen LogP contribution in [0.25, 0.3) is 0 Å². The van der Waals surface area contributed by atoms with Gasteiger partial charge in [0.25, 0.3) is 0 Å². The summed E-state index contributed by atoms with van der Waals surface area (Å²) in [5, 5.41) is 4.03. The van der Waals surface area contributed by atoms with Crippen LogP contribution in [0.15, 0.2) is 12.4 Å². The molecule has 1 aromatic heterocycles. The molecule has 0 radical (unpaired) electrons. The lowest BCUT2D eigenvalue weighted by atomic mass is 10.0. The van der Waals surface area contributed by atoms with Gasteiger partial charge in [-0.15, -0.1) is 0 Å². The van der Waals surface area contributed by atoms with E-state index < -0.39 is 6.04 Å². The molecule has 1 unspecified atom stereocenters. The van der Waals surface area contributed by atoms with Crippen molar-refractivity contribution in [3.63, 3.8) is 0 Å². The maximum absolute atomic E-state index is 11.9. The van der Waals surface area contributed by atoms with Crippen molar-refractivity contribution in [3.8, 4) is 0 Å². The van der Waals surface area contributed by atoms with Crippen LogP contribution in [0, 0.1) is 0 Å². The van der Waals surface area contributed by atoms with Crippen molar-refractivity contribution in [2.75, 3.05) is 0 Å². The van der Waals surface area contributed by atoms with Gasteiger partial charge in [0, 0.05) is 25.2 Å². The minimum absolute atomic E-state index is 0.124. The molecule has 2 N–H and O–H groups in total. The summed E-state index contributed by atoms with van der Waals surface area (Å²) in [5.74, 6) is 0.124. The number of hydrogen-bond donors (Lipinski definition) is 1. The minimum Gasteiger partial charge on any atom is -0.318 e. The number of aryl methyl sites for hydroxylation is 1. The molecular formula is C14H25N3O. The number of carbonyl (C=O) groups excluding carboxylic acids is 1. The summed E-state index contributed by atoms with van der Waals surface area (Å²) < 4.78 is 1.67. The molecule has 0 bridgehead atoms. The number of Topliss-reactive ketones (excluding diaryl/α,β-unsaturated/α-hetero) is 1. The first kappa shape index (κ1) is 14.9. The van der Waals surface area contributed by atoms with Gasteiger partial charge in [-0.05, 0) is 6.42 Å². The highest BCUT2D eigenvalue weighted by atomic mass is 16.1. The first-order valence-corrected chi connectivity index (χ1v) is 6.92. The van der Waals surface area contributed by atoms with E-state index in [1.54, 1.807) is 10.9 Å². The minimum atomic E-state index is -0.505. The largest absolute Gasteiger partial charge is 0.318 e. The Balaban J connectivity index is 2.20. The SMILES string of the molecule is CCCCCCCCC(=O)C(N)c1cnn(C)c1. The molecule has 0 spiro atoms. The summed E-state index contributed by atoms with van der Waals surface area (Å²) in [5.41, 5.74) is 6.72. The Bertz CT molecular complexity index is 360. The monoisotopic (exact) mass is 251 g/mol. The summed E-state index contributed by atoms with van der Waals surface area (Å²) in [6.07, 6.45) is 11.2. The summed E-state index contributed by atoms with van der Waals surface area (Å²) in [6, 6.07) is -0.505. The predicted molar refractivity (Wildman–Crippen MR) is 73.1 cm³/mol. The molecule has 1 aromatic rings. The standard InChI is InChI=1S/C14H25N3O/c1-3-4-5-6-7-8-9-13(18)14(15)12-10-16-17(2)11-12/h10-11,14H,3-9,15H2,1-2H3. The third-order valence-corrected chi connectivity index (χ3v) is 3.21. The van der Waals surface area contributed by atoms with E-state index in [0.29, 0.717) is 6.42 Å². The van der Waals surface area contributed by atoms with E-state index in [2.05, 4.69) is 12.0 Å². The topological polar surface area (TPSA) is 60.9 Å². The average Bonchev–Trinajstić information content (AvgIpc) is 2.79. The molecule has 18 heavy (non-hydrogen) atoms. The maximum atomic E-state index is 11.9. The number of carbonyl (C=O) groups is 1. The average molecular weight is 251 g/mol. The molecule has 0 aromatic carbocycles. The summed E-state index contributed by atoms with van der Waals surface area (Å²) in [6.45, 7) is 2.20. The first-order valence-electron chi connectivity index (χ1n) is 6.92. The fraction of sp³-hybridized carbons (Fsp3) is 0.714. The molecule has 0 fully saturated rings. The van der Waals surface area contributed by atoms with Crippen molar-refractivity contribution in [2.24, 2.45) is 12.8 Å². The maximum Gasteiger partial charge on any atom is 0.154 e. The van der Waals surface area contributed by atoms with Crippen LogP contribution >= 0.6 is 0 Å². The van der Waals surface area contributed by atoms with Gasteiger partial charge in [-0.3, -0.25) is 9.48 Å². The van der Waals surface area contributed by atoms with Crippen molar-refractivity contribution < 1.29 is 4.79 Å². The van der Waals surface area contributed by atoms with Crippen LogP contribution in [0.4, 0.5) is 0 Å². The van der Waals surface area contributed by atoms with Gasteiger partial charge < -0.3 is 5.73 Å². The summed E-state index contributed by atoms with van der Waals surface area (Å²) in [4.78, 5) is 11.9. The number of nitrogens with two attached hydrogens (primary N) is 1. The quantitative estimate of drug-likeness (QED) is 0.686. The number of unbranched alkanes of at least 4 members (excludes halogenated alkanes) is 5. The van der Waals surface area contributed by atoms with Gasteiger partial charge >= 0.3 is 0 Å². The summed E-state index contributed by atoms with van der Waals surface area (Å²) in [7, 11) is 1.83. The molecule has 0 aliphatic rings. The second-order valence-electron chi connectivity index (χ2n) is 4.91. The van der Waals surface area contributed by atoms with Gasteiger partial charge in [0.1, 0.15) is 0 Å². The van der Waals surface area contributed by atoms with Crippen molar-refractivity contribution in [2.45, 2.75) is 57.9 Å². The lowest BCUT2D eigenvalue weighted by Crippen LogP contribution is -2.20.